The van der Waals surface area contributed by atoms with Crippen LogP contribution in [0.3, 0.4) is 0 Å². The summed E-state index contributed by atoms with van der Waals surface area (Å²) in [5, 5.41) is 17.4. The molecule has 0 aliphatic heterocycles. The number of hydrogen-bond donors (Lipinski definition) is 2. The van der Waals surface area contributed by atoms with Crippen LogP contribution in [-0.2, 0) is 6.42 Å². The molecule has 0 saturated carbocycles. The lowest BCUT2D eigenvalue weighted by molar-refractivity contribution is 0.424. The lowest BCUT2D eigenvalue weighted by Crippen LogP contribution is -2.29. The third-order valence-corrected chi connectivity index (χ3v) is 2.70. The van der Waals surface area contributed by atoms with Crippen molar-refractivity contribution in [2.45, 2.75) is 19.8 Å². The van der Waals surface area contributed by atoms with Crippen molar-refractivity contribution < 1.29 is 14.4 Å². The van der Waals surface area contributed by atoms with Crippen LogP contribution in [0.5, 0.6) is 0 Å². The topological polar surface area (TPSA) is 40.5 Å². The Morgan fingerprint density at radius 2 is 2.25 bits per heavy atom. The number of halogens is 1. The zero-order chi connectivity index (χ0) is 9.14. The zero-order valence-electron chi connectivity index (χ0n) is 6.75. The van der Waals surface area contributed by atoms with E-state index in [0.717, 1.165) is 29.1 Å². The third-order valence-electron chi connectivity index (χ3n) is 1.50. The maximum atomic E-state index is 12.9. The van der Waals surface area contributed by atoms with Gasteiger partial charge in [-0.1, -0.05) is 13.3 Å². The van der Waals surface area contributed by atoms with Gasteiger partial charge < -0.3 is 10.0 Å². The lowest BCUT2D eigenvalue weighted by atomic mass is 9.89. The number of hydrogen-bond acceptors (Lipinski definition) is 3. The second-order valence-electron chi connectivity index (χ2n) is 2.55. The molecule has 0 atom stereocenters. The van der Waals surface area contributed by atoms with Crippen molar-refractivity contribution in [3.63, 3.8) is 0 Å². The van der Waals surface area contributed by atoms with Gasteiger partial charge in [0.1, 0.15) is 5.82 Å². The van der Waals surface area contributed by atoms with Crippen molar-refractivity contribution in [1.82, 2.24) is 0 Å². The summed E-state index contributed by atoms with van der Waals surface area (Å²) in [4.78, 5) is 0.859. The molecule has 1 aromatic heterocycles. The molecule has 0 amide bonds. The molecular weight excluding hydrogens is 178 g/mol. The molecule has 0 radical (unpaired) electrons. The van der Waals surface area contributed by atoms with Gasteiger partial charge in [0, 0.05) is 4.88 Å². The van der Waals surface area contributed by atoms with Crippen LogP contribution in [0.25, 0.3) is 0 Å². The predicted octanol–water partition coefficient (Wildman–Crippen LogP) is 0.519. The van der Waals surface area contributed by atoms with Crippen LogP contribution in [-0.4, -0.2) is 17.2 Å². The molecular formula is C7H10BFO2S. The Morgan fingerprint density at radius 1 is 1.58 bits per heavy atom. The number of rotatable bonds is 3. The summed E-state index contributed by atoms with van der Waals surface area (Å²) in [6.45, 7) is 1.99. The minimum atomic E-state index is -1.68. The first-order chi connectivity index (χ1) is 5.65. The molecule has 2 N–H and O–H groups in total. The summed E-state index contributed by atoms with van der Waals surface area (Å²) in [6.07, 6.45) is 1.72. The van der Waals surface area contributed by atoms with E-state index in [-0.39, 0.29) is 4.78 Å². The first kappa shape index (κ1) is 9.70. The summed E-state index contributed by atoms with van der Waals surface area (Å²) in [7, 11) is -1.68. The summed E-state index contributed by atoms with van der Waals surface area (Å²) < 4.78 is 12.9. The van der Waals surface area contributed by atoms with Gasteiger partial charge in [0.15, 0.2) is 0 Å². The minimum Gasteiger partial charge on any atom is -0.423 e. The quantitative estimate of drug-likeness (QED) is 0.679. The highest BCUT2D eigenvalue weighted by Gasteiger charge is 2.19. The molecule has 1 aromatic rings. The Hall–Kier alpha value is -0.385. The van der Waals surface area contributed by atoms with E-state index >= 15 is 0 Å². The van der Waals surface area contributed by atoms with E-state index in [1.54, 1.807) is 0 Å². The zero-order valence-corrected chi connectivity index (χ0v) is 7.57. The van der Waals surface area contributed by atoms with Crippen LogP contribution in [0.2, 0.25) is 0 Å². The molecule has 0 saturated heterocycles. The first-order valence-electron chi connectivity index (χ1n) is 3.79. The summed E-state index contributed by atoms with van der Waals surface area (Å²) in [5.41, 5.74) is 0. The monoisotopic (exact) mass is 188 g/mol. The van der Waals surface area contributed by atoms with Gasteiger partial charge in [0.2, 0.25) is 0 Å². The Kier molecular flexibility index (Phi) is 3.25. The smallest absolute Gasteiger partial charge is 0.423 e. The molecule has 5 heteroatoms. The van der Waals surface area contributed by atoms with Crippen molar-refractivity contribution in [3.8, 4) is 0 Å². The molecule has 2 nitrogen and oxygen atoms in total. The van der Waals surface area contributed by atoms with Gasteiger partial charge in [-0.3, -0.25) is 0 Å². The van der Waals surface area contributed by atoms with E-state index in [1.807, 2.05) is 6.92 Å². The van der Waals surface area contributed by atoms with Crippen LogP contribution in [0.1, 0.15) is 18.2 Å². The molecule has 0 aromatic carbocycles. The van der Waals surface area contributed by atoms with Crippen molar-refractivity contribution in [2.75, 3.05) is 0 Å². The van der Waals surface area contributed by atoms with Gasteiger partial charge in [0.25, 0.3) is 0 Å². The SMILES string of the molecule is CCCc1cc(F)c(B(O)O)s1. The maximum absolute atomic E-state index is 12.9. The van der Waals surface area contributed by atoms with Crippen LogP contribution in [0.15, 0.2) is 6.07 Å². The van der Waals surface area contributed by atoms with Gasteiger partial charge in [-0.2, -0.15) is 0 Å². The molecule has 0 aliphatic rings. The minimum absolute atomic E-state index is 0.0125. The van der Waals surface area contributed by atoms with E-state index < -0.39 is 12.9 Å². The maximum Gasteiger partial charge on any atom is 0.502 e. The number of thiophene rings is 1. The summed E-state index contributed by atoms with van der Waals surface area (Å²) in [6, 6.07) is 1.36. The molecule has 66 valence electrons. The average Bonchev–Trinajstić information content (AvgIpc) is 2.32. The molecule has 0 fully saturated rings. The Bertz CT molecular complexity index is 262. The Morgan fingerprint density at radius 3 is 2.67 bits per heavy atom. The van der Waals surface area contributed by atoms with Gasteiger partial charge in [-0.15, -0.1) is 11.3 Å². The van der Waals surface area contributed by atoms with E-state index in [0.29, 0.717) is 0 Å². The normalized spacial score (nSPS) is 10.3. The van der Waals surface area contributed by atoms with Crippen LogP contribution >= 0.6 is 11.3 Å². The van der Waals surface area contributed by atoms with Gasteiger partial charge in [0.05, 0.1) is 4.78 Å². The summed E-state index contributed by atoms with van der Waals surface area (Å²) in [5.74, 6) is -0.515. The van der Waals surface area contributed by atoms with Crippen molar-refractivity contribution >= 4 is 23.2 Å². The Labute approximate surface area is 74.8 Å². The van der Waals surface area contributed by atoms with Crippen LogP contribution in [0.4, 0.5) is 4.39 Å². The number of aryl methyl sites for hydroxylation is 1. The van der Waals surface area contributed by atoms with Crippen molar-refractivity contribution in [3.05, 3.63) is 16.8 Å². The first-order valence-corrected chi connectivity index (χ1v) is 4.61. The second-order valence-corrected chi connectivity index (χ2v) is 3.72. The average molecular weight is 188 g/mol. The highest BCUT2D eigenvalue weighted by molar-refractivity contribution is 7.22. The van der Waals surface area contributed by atoms with E-state index in [9.17, 15) is 4.39 Å². The standard InChI is InChI=1S/C7H10BFO2S/c1-2-3-5-4-6(9)7(12-5)8(10)11/h4,10-11H,2-3H2,1H3. The van der Waals surface area contributed by atoms with E-state index in [4.69, 9.17) is 10.0 Å². The fraction of sp³-hybridized carbons (Fsp3) is 0.429. The fourth-order valence-corrected chi connectivity index (χ4v) is 1.99. The van der Waals surface area contributed by atoms with E-state index in [1.165, 1.54) is 6.07 Å². The van der Waals surface area contributed by atoms with Crippen molar-refractivity contribution in [1.29, 1.82) is 0 Å². The lowest BCUT2D eigenvalue weighted by Gasteiger charge is -1.91. The van der Waals surface area contributed by atoms with E-state index in [2.05, 4.69) is 0 Å². The fourth-order valence-electron chi connectivity index (χ4n) is 0.978. The molecule has 12 heavy (non-hydrogen) atoms. The second kappa shape index (κ2) is 4.02. The Balaban J connectivity index is 2.85. The molecule has 0 aliphatic carbocycles. The molecule has 0 spiro atoms. The van der Waals surface area contributed by atoms with Crippen LogP contribution < -0.4 is 4.78 Å². The third kappa shape index (κ3) is 2.06. The molecule has 1 heterocycles. The van der Waals surface area contributed by atoms with Gasteiger partial charge in [-0.05, 0) is 12.5 Å². The van der Waals surface area contributed by atoms with Crippen molar-refractivity contribution in [2.24, 2.45) is 0 Å². The molecule has 1 rings (SSSR count). The van der Waals surface area contributed by atoms with Gasteiger partial charge >= 0.3 is 7.12 Å². The largest absolute Gasteiger partial charge is 0.502 e. The van der Waals surface area contributed by atoms with Crippen LogP contribution in [0, 0.1) is 5.82 Å². The highest BCUT2D eigenvalue weighted by atomic mass is 32.1. The van der Waals surface area contributed by atoms with Gasteiger partial charge in [-0.25, -0.2) is 4.39 Å². The molecule has 0 bridgehead atoms. The summed E-state index contributed by atoms with van der Waals surface area (Å²) >= 11 is 1.12. The highest BCUT2D eigenvalue weighted by Crippen LogP contribution is 2.13. The molecule has 0 unspecified atom stereocenters. The predicted molar refractivity (Wildman–Crippen MR) is 48.1 cm³/mol.